The van der Waals surface area contributed by atoms with Crippen LogP contribution in [0.15, 0.2) is 24.5 Å². The SMILES string of the molecule is C=C(C)C(=O)O.CCCCOC(=O)C=COC.CCCO. The fraction of sp³-hybridized carbons (Fsp3) is 0.600. The Balaban J connectivity index is -0.000000272. The van der Waals surface area contributed by atoms with Gasteiger partial charge in [0.15, 0.2) is 0 Å². The van der Waals surface area contributed by atoms with Gasteiger partial charge in [0.1, 0.15) is 0 Å². The number of carboxylic acid groups (broad SMARTS) is 1. The molecule has 0 radical (unpaired) electrons. The van der Waals surface area contributed by atoms with E-state index in [1.54, 1.807) is 0 Å². The summed E-state index contributed by atoms with van der Waals surface area (Å²) in [5, 5.41) is 15.8. The molecule has 0 atom stereocenters. The monoisotopic (exact) mass is 304 g/mol. The molecule has 0 fully saturated rings. The topological polar surface area (TPSA) is 93.1 Å². The minimum Gasteiger partial charge on any atom is -0.504 e. The van der Waals surface area contributed by atoms with E-state index >= 15 is 0 Å². The lowest BCUT2D eigenvalue weighted by atomic mass is 10.4. The number of esters is 1. The number of carboxylic acids is 1. The van der Waals surface area contributed by atoms with Crippen LogP contribution >= 0.6 is 0 Å². The molecule has 0 unspecified atom stereocenters. The van der Waals surface area contributed by atoms with Crippen LogP contribution in [0.5, 0.6) is 0 Å². The quantitative estimate of drug-likeness (QED) is 0.325. The Labute approximate surface area is 127 Å². The number of aliphatic hydroxyl groups excluding tert-OH is 1. The Kier molecular flexibility index (Phi) is 23.6. The van der Waals surface area contributed by atoms with Crippen LogP contribution in [0.4, 0.5) is 0 Å². The van der Waals surface area contributed by atoms with Crippen molar-refractivity contribution >= 4 is 11.9 Å². The van der Waals surface area contributed by atoms with E-state index in [0.717, 1.165) is 19.3 Å². The highest BCUT2D eigenvalue weighted by atomic mass is 16.5. The summed E-state index contributed by atoms with van der Waals surface area (Å²) < 4.78 is 9.32. The third-order valence-electron chi connectivity index (χ3n) is 1.67. The summed E-state index contributed by atoms with van der Waals surface area (Å²) in [4.78, 5) is 20.3. The number of unbranched alkanes of at least 4 members (excludes halogenated alkanes) is 1. The lowest BCUT2D eigenvalue weighted by Crippen LogP contribution is -2.01. The Morgan fingerprint density at radius 2 is 1.71 bits per heavy atom. The van der Waals surface area contributed by atoms with Crippen molar-refractivity contribution in [3.05, 3.63) is 24.5 Å². The maximum absolute atomic E-state index is 10.7. The van der Waals surface area contributed by atoms with Crippen LogP contribution in [0.3, 0.4) is 0 Å². The predicted octanol–water partition coefficient (Wildman–Crippen LogP) is 2.53. The number of hydrogen-bond donors (Lipinski definition) is 2. The molecule has 124 valence electrons. The highest BCUT2D eigenvalue weighted by molar-refractivity contribution is 5.84. The molecule has 2 N–H and O–H groups in total. The van der Waals surface area contributed by atoms with Crippen LogP contribution in [-0.2, 0) is 19.1 Å². The number of ether oxygens (including phenoxy) is 2. The summed E-state index contributed by atoms with van der Waals surface area (Å²) in [6.45, 7) is 9.38. The van der Waals surface area contributed by atoms with Crippen molar-refractivity contribution in [2.24, 2.45) is 0 Å². The summed E-state index contributed by atoms with van der Waals surface area (Å²) in [6, 6.07) is 0. The molecule has 0 aromatic heterocycles. The van der Waals surface area contributed by atoms with E-state index in [1.807, 2.05) is 13.8 Å². The fourth-order valence-electron chi connectivity index (χ4n) is 0.489. The average Bonchev–Trinajstić information content (AvgIpc) is 2.46. The second-order valence-corrected chi connectivity index (χ2v) is 3.87. The highest BCUT2D eigenvalue weighted by Crippen LogP contribution is 1.89. The number of aliphatic carboxylic acids is 1. The number of aliphatic hydroxyl groups is 1. The van der Waals surface area contributed by atoms with E-state index in [2.05, 4.69) is 11.3 Å². The third kappa shape index (κ3) is 32.1. The molecule has 21 heavy (non-hydrogen) atoms. The second kappa shape index (κ2) is 20.5. The van der Waals surface area contributed by atoms with Crippen LogP contribution in [0.2, 0.25) is 0 Å². The van der Waals surface area contributed by atoms with Gasteiger partial charge in [0, 0.05) is 12.2 Å². The summed E-state index contributed by atoms with van der Waals surface area (Å²) in [5.41, 5.74) is 0.176. The van der Waals surface area contributed by atoms with Gasteiger partial charge in [0.25, 0.3) is 0 Å². The smallest absolute Gasteiger partial charge is 0.333 e. The Bertz CT molecular complexity index is 283. The summed E-state index contributed by atoms with van der Waals surface area (Å²) in [5.74, 6) is -1.28. The summed E-state index contributed by atoms with van der Waals surface area (Å²) in [7, 11) is 1.48. The van der Waals surface area contributed by atoms with E-state index in [1.165, 1.54) is 26.4 Å². The average molecular weight is 304 g/mol. The van der Waals surface area contributed by atoms with Crippen LogP contribution in [0.1, 0.15) is 40.0 Å². The highest BCUT2D eigenvalue weighted by Gasteiger charge is 1.94. The van der Waals surface area contributed by atoms with Gasteiger partial charge in [-0.3, -0.25) is 0 Å². The van der Waals surface area contributed by atoms with Crippen molar-refractivity contribution in [2.45, 2.75) is 40.0 Å². The summed E-state index contributed by atoms with van der Waals surface area (Å²) in [6.07, 6.45) is 5.37. The van der Waals surface area contributed by atoms with Crippen molar-refractivity contribution in [1.29, 1.82) is 0 Å². The zero-order valence-electron chi connectivity index (χ0n) is 13.4. The van der Waals surface area contributed by atoms with Gasteiger partial charge in [-0.2, -0.15) is 0 Å². The van der Waals surface area contributed by atoms with Crippen LogP contribution in [-0.4, -0.2) is 42.5 Å². The summed E-state index contributed by atoms with van der Waals surface area (Å²) >= 11 is 0. The standard InChI is InChI=1S/C8H14O3.C4H6O2.C3H8O/c1-3-4-6-11-8(9)5-7-10-2;1-3(2)4(5)6;1-2-3-4/h5,7H,3-4,6H2,1-2H3;1H2,2H3,(H,5,6);4H,2-3H2,1H3. The molecular formula is C15H28O6. The van der Waals surface area contributed by atoms with E-state index in [9.17, 15) is 9.59 Å². The molecule has 0 rings (SSSR count). The first-order valence-electron chi connectivity index (χ1n) is 6.72. The molecule has 0 amide bonds. The van der Waals surface area contributed by atoms with Gasteiger partial charge >= 0.3 is 11.9 Å². The lowest BCUT2D eigenvalue weighted by Gasteiger charge is -1.98. The maximum atomic E-state index is 10.7. The van der Waals surface area contributed by atoms with Crippen molar-refractivity contribution in [3.63, 3.8) is 0 Å². The molecule has 0 aliphatic heterocycles. The maximum Gasteiger partial charge on any atom is 0.333 e. The van der Waals surface area contributed by atoms with Gasteiger partial charge in [-0.25, -0.2) is 9.59 Å². The molecule has 0 bridgehead atoms. The third-order valence-corrected chi connectivity index (χ3v) is 1.67. The van der Waals surface area contributed by atoms with Crippen molar-refractivity contribution < 1.29 is 29.3 Å². The number of carbonyl (C=O) groups is 2. The Morgan fingerprint density at radius 3 is 2.00 bits per heavy atom. The first-order valence-corrected chi connectivity index (χ1v) is 6.72. The van der Waals surface area contributed by atoms with E-state index in [0.29, 0.717) is 13.2 Å². The number of carbonyl (C=O) groups excluding carboxylic acids is 1. The second-order valence-electron chi connectivity index (χ2n) is 3.87. The number of hydrogen-bond acceptors (Lipinski definition) is 5. The molecular weight excluding hydrogens is 276 g/mol. The van der Waals surface area contributed by atoms with Crippen LogP contribution in [0.25, 0.3) is 0 Å². The largest absolute Gasteiger partial charge is 0.504 e. The van der Waals surface area contributed by atoms with Crippen LogP contribution in [0, 0.1) is 0 Å². The molecule has 6 heteroatoms. The lowest BCUT2D eigenvalue weighted by molar-refractivity contribution is -0.138. The van der Waals surface area contributed by atoms with Gasteiger partial charge in [0.05, 0.1) is 26.1 Å². The minimum atomic E-state index is -0.935. The fourth-order valence-corrected chi connectivity index (χ4v) is 0.489. The zero-order valence-corrected chi connectivity index (χ0v) is 13.4. The van der Waals surface area contributed by atoms with Crippen molar-refractivity contribution in [3.8, 4) is 0 Å². The molecule has 0 saturated carbocycles. The molecule has 0 spiro atoms. The Morgan fingerprint density at radius 1 is 1.24 bits per heavy atom. The molecule has 0 aromatic carbocycles. The van der Waals surface area contributed by atoms with E-state index < -0.39 is 5.97 Å². The normalized spacial score (nSPS) is 8.81. The number of methoxy groups -OCH3 is 1. The molecule has 0 heterocycles. The van der Waals surface area contributed by atoms with Gasteiger partial charge in [-0.1, -0.05) is 26.8 Å². The molecule has 0 aliphatic rings. The molecule has 0 aliphatic carbocycles. The molecule has 0 saturated heterocycles. The van der Waals surface area contributed by atoms with Crippen molar-refractivity contribution in [1.82, 2.24) is 0 Å². The van der Waals surface area contributed by atoms with Crippen LogP contribution < -0.4 is 0 Å². The molecule has 0 aromatic rings. The van der Waals surface area contributed by atoms with E-state index in [4.69, 9.17) is 14.9 Å². The predicted molar refractivity (Wildman–Crippen MR) is 81.8 cm³/mol. The van der Waals surface area contributed by atoms with Gasteiger partial charge in [-0.05, 0) is 19.8 Å². The van der Waals surface area contributed by atoms with Gasteiger partial charge in [-0.15, -0.1) is 0 Å². The minimum absolute atomic E-state index is 0.176. The first-order chi connectivity index (χ1) is 9.87. The van der Waals surface area contributed by atoms with Gasteiger partial charge < -0.3 is 19.7 Å². The molecule has 6 nitrogen and oxygen atoms in total. The Hall–Kier alpha value is -1.82. The number of rotatable bonds is 7. The first kappa shape index (κ1) is 24.2. The van der Waals surface area contributed by atoms with Gasteiger partial charge in [0.2, 0.25) is 0 Å². The zero-order chi connectivity index (χ0) is 17.1. The van der Waals surface area contributed by atoms with Crippen molar-refractivity contribution in [2.75, 3.05) is 20.3 Å². The van der Waals surface area contributed by atoms with E-state index in [-0.39, 0.29) is 11.5 Å².